The van der Waals surface area contributed by atoms with Crippen molar-refractivity contribution in [2.24, 2.45) is 17.6 Å². The molecule has 13 heteroatoms. The fraction of sp³-hybridized carbons (Fsp3) is 0.667. The van der Waals surface area contributed by atoms with Crippen LogP contribution in [0.15, 0.2) is 12.5 Å². The topological polar surface area (TPSA) is 200 Å². The number of hydrazine groups is 2. The molecule has 1 aromatic heterocycles. The minimum Gasteiger partial charge on any atom is -0.370 e. The van der Waals surface area contributed by atoms with Gasteiger partial charge in [0.05, 0.1) is 37.0 Å². The Labute approximate surface area is 217 Å². The third-order valence-corrected chi connectivity index (χ3v) is 5.53. The molecule has 0 aliphatic rings. The maximum absolute atomic E-state index is 13.1. The monoisotopic (exact) mass is 522 g/mol. The number of imidazole rings is 1. The molecule has 0 aromatic carbocycles. The molecular weight excluding hydrogens is 480 g/mol. The van der Waals surface area contributed by atoms with Gasteiger partial charge in [0, 0.05) is 24.7 Å². The zero-order chi connectivity index (χ0) is 28.0. The molecule has 0 radical (unpaired) electrons. The number of Topliss-reactive ketones (excluding diaryl/α,β-unsaturated/α-hetero) is 3. The van der Waals surface area contributed by atoms with E-state index in [9.17, 15) is 24.0 Å². The first kappa shape index (κ1) is 32.2. The zero-order valence-electron chi connectivity index (χ0n) is 22.3. The van der Waals surface area contributed by atoms with E-state index in [2.05, 4.69) is 37.0 Å². The fourth-order valence-electron chi connectivity index (χ4n) is 3.75. The van der Waals surface area contributed by atoms with Crippen LogP contribution >= 0.6 is 0 Å². The van der Waals surface area contributed by atoms with Gasteiger partial charge in [0.1, 0.15) is 6.29 Å². The molecule has 4 atom stereocenters. The Bertz CT molecular complexity index is 875. The molecule has 8 N–H and O–H groups in total. The predicted octanol–water partition coefficient (Wildman–Crippen LogP) is -1.29. The average molecular weight is 523 g/mol. The van der Waals surface area contributed by atoms with Crippen molar-refractivity contribution in [3.05, 3.63) is 18.2 Å². The van der Waals surface area contributed by atoms with E-state index >= 15 is 0 Å². The first-order chi connectivity index (χ1) is 17.5. The number of nitrogens with zero attached hydrogens (tertiary/aromatic N) is 1. The highest BCUT2D eigenvalue weighted by molar-refractivity contribution is 6.41. The second kappa shape index (κ2) is 16.8. The zero-order valence-corrected chi connectivity index (χ0v) is 22.3. The van der Waals surface area contributed by atoms with Crippen molar-refractivity contribution < 1.29 is 24.0 Å². The summed E-state index contributed by atoms with van der Waals surface area (Å²) < 4.78 is 0. The normalized spacial score (nSPS) is 14.8. The molecular formula is C24H42N8O5. The number of aldehydes is 1. The molecule has 13 nitrogen and oxygen atoms in total. The molecule has 0 unspecified atom stereocenters. The molecule has 37 heavy (non-hydrogen) atoms. The Balaban J connectivity index is 2.96. The Hall–Kier alpha value is -2.84. The van der Waals surface area contributed by atoms with Crippen LogP contribution in [-0.2, 0) is 30.4 Å². The molecule has 1 rings (SSSR count). The summed E-state index contributed by atoms with van der Waals surface area (Å²) >= 11 is 0. The number of carbonyl (C=O) groups excluding carboxylic acids is 5. The number of aromatic amines is 1. The number of nitrogens with two attached hydrogens (primary N) is 1. The number of hydrogen-bond acceptors (Lipinski definition) is 11. The van der Waals surface area contributed by atoms with Gasteiger partial charge in [-0.3, -0.25) is 29.9 Å². The third-order valence-electron chi connectivity index (χ3n) is 5.53. The standard InChI is InChI=1S/C24H42N8O5/c1-14(2)6-17(12-33)30-32-18(8-16-10-27-13-29-16)21(34)11-28-19(9-22(25)35)23(36)24(37)20(31-26-5)7-15(3)4/h10,12-15,17-20,26,28,30-32H,6-9,11H2,1-5H3,(H2,25,35)(H,27,29)/t17-,18-,19-,20-/m0/s1. The van der Waals surface area contributed by atoms with E-state index in [1.165, 1.54) is 6.33 Å². The molecule has 0 saturated carbocycles. The predicted molar refractivity (Wildman–Crippen MR) is 138 cm³/mol. The van der Waals surface area contributed by atoms with Gasteiger partial charge in [0.15, 0.2) is 5.78 Å². The minimum absolute atomic E-state index is 0.124. The number of ketones is 3. The number of nitrogens with one attached hydrogen (secondary N) is 6. The molecule has 0 aliphatic heterocycles. The van der Waals surface area contributed by atoms with Crippen molar-refractivity contribution in [3.63, 3.8) is 0 Å². The Morgan fingerprint density at radius 3 is 2.14 bits per heavy atom. The number of primary amides is 1. The van der Waals surface area contributed by atoms with Crippen molar-refractivity contribution in [2.45, 2.75) is 77.5 Å². The molecule has 1 amide bonds. The van der Waals surface area contributed by atoms with Crippen LogP contribution in [0.1, 0.15) is 52.7 Å². The van der Waals surface area contributed by atoms with E-state index in [4.69, 9.17) is 5.73 Å². The quantitative estimate of drug-likeness (QED) is 0.0575. The van der Waals surface area contributed by atoms with Crippen molar-refractivity contribution in [3.8, 4) is 0 Å². The Morgan fingerprint density at radius 2 is 1.62 bits per heavy atom. The van der Waals surface area contributed by atoms with E-state index in [1.54, 1.807) is 13.2 Å². The van der Waals surface area contributed by atoms with Crippen LogP contribution in [0.4, 0.5) is 0 Å². The van der Waals surface area contributed by atoms with Crippen molar-refractivity contribution >= 4 is 29.5 Å². The highest BCUT2D eigenvalue weighted by atomic mass is 16.2. The van der Waals surface area contributed by atoms with E-state index < -0.39 is 48.1 Å². The first-order valence-corrected chi connectivity index (χ1v) is 12.5. The van der Waals surface area contributed by atoms with Crippen LogP contribution in [0.25, 0.3) is 0 Å². The molecule has 0 fully saturated rings. The van der Waals surface area contributed by atoms with Gasteiger partial charge in [0.2, 0.25) is 17.5 Å². The molecule has 0 aliphatic carbocycles. The summed E-state index contributed by atoms with van der Waals surface area (Å²) in [7, 11) is 1.58. The van der Waals surface area contributed by atoms with Gasteiger partial charge >= 0.3 is 0 Å². The van der Waals surface area contributed by atoms with Gasteiger partial charge < -0.3 is 15.5 Å². The van der Waals surface area contributed by atoms with Crippen molar-refractivity contribution in [1.29, 1.82) is 0 Å². The lowest BCUT2D eigenvalue weighted by molar-refractivity contribution is -0.140. The lowest BCUT2D eigenvalue weighted by Gasteiger charge is -2.24. The average Bonchev–Trinajstić information content (AvgIpc) is 3.34. The van der Waals surface area contributed by atoms with Gasteiger partial charge in [-0.2, -0.15) is 0 Å². The van der Waals surface area contributed by atoms with Crippen molar-refractivity contribution in [2.75, 3.05) is 13.6 Å². The lowest BCUT2D eigenvalue weighted by atomic mass is 9.94. The van der Waals surface area contributed by atoms with E-state index in [-0.39, 0.29) is 30.6 Å². The third kappa shape index (κ3) is 12.3. The number of amides is 1. The summed E-state index contributed by atoms with van der Waals surface area (Å²) in [4.78, 5) is 69.0. The highest BCUT2D eigenvalue weighted by Gasteiger charge is 2.33. The van der Waals surface area contributed by atoms with E-state index in [0.717, 1.165) is 6.29 Å². The number of aromatic nitrogens is 2. The van der Waals surface area contributed by atoms with Gasteiger partial charge in [-0.1, -0.05) is 27.7 Å². The first-order valence-electron chi connectivity index (χ1n) is 12.5. The maximum Gasteiger partial charge on any atom is 0.219 e. The summed E-state index contributed by atoms with van der Waals surface area (Å²) in [5.74, 6) is -2.33. The molecule has 0 saturated heterocycles. The highest BCUT2D eigenvalue weighted by Crippen LogP contribution is 2.09. The number of rotatable bonds is 21. The molecule has 1 heterocycles. The van der Waals surface area contributed by atoms with Gasteiger partial charge in [-0.15, -0.1) is 0 Å². The SMILES string of the molecule is CNN[C@@H](CC(C)C)C(=O)C(=O)[C@H](CC(N)=O)NCC(=O)[C@H](Cc1cnc[nH]1)NN[C@H](C=O)CC(C)C. The summed E-state index contributed by atoms with van der Waals surface area (Å²) in [5.41, 5.74) is 17.2. The van der Waals surface area contributed by atoms with Gasteiger partial charge in [-0.25, -0.2) is 21.3 Å². The second-order valence-corrected chi connectivity index (χ2v) is 9.87. The minimum atomic E-state index is -1.26. The maximum atomic E-state index is 13.1. The Morgan fingerprint density at radius 1 is 0.973 bits per heavy atom. The van der Waals surface area contributed by atoms with Crippen LogP contribution in [0.5, 0.6) is 0 Å². The van der Waals surface area contributed by atoms with Gasteiger partial charge in [-0.05, 0) is 31.7 Å². The number of hydrogen-bond donors (Lipinski definition) is 7. The summed E-state index contributed by atoms with van der Waals surface area (Å²) in [6.07, 6.45) is 4.56. The molecule has 208 valence electrons. The van der Waals surface area contributed by atoms with Crippen LogP contribution in [0, 0.1) is 11.8 Å². The summed E-state index contributed by atoms with van der Waals surface area (Å²) in [6.45, 7) is 7.46. The molecule has 1 aromatic rings. The van der Waals surface area contributed by atoms with Crippen LogP contribution in [-0.4, -0.2) is 77.3 Å². The lowest BCUT2D eigenvalue weighted by Crippen LogP contribution is -2.56. The van der Waals surface area contributed by atoms with E-state index in [0.29, 0.717) is 18.5 Å². The van der Waals surface area contributed by atoms with Crippen LogP contribution < -0.4 is 32.8 Å². The Kier molecular flexibility index (Phi) is 14.6. The fourth-order valence-corrected chi connectivity index (χ4v) is 3.75. The van der Waals surface area contributed by atoms with Crippen LogP contribution in [0.2, 0.25) is 0 Å². The number of carbonyl (C=O) groups is 5. The van der Waals surface area contributed by atoms with Gasteiger partial charge in [0.25, 0.3) is 0 Å². The molecule has 0 spiro atoms. The van der Waals surface area contributed by atoms with Crippen LogP contribution in [0.3, 0.4) is 0 Å². The number of H-pyrrole nitrogens is 1. The smallest absolute Gasteiger partial charge is 0.219 e. The van der Waals surface area contributed by atoms with Crippen molar-refractivity contribution in [1.82, 2.24) is 37.0 Å². The summed E-state index contributed by atoms with van der Waals surface area (Å²) in [6, 6.07) is -3.37. The largest absolute Gasteiger partial charge is 0.370 e. The summed E-state index contributed by atoms with van der Waals surface area (Å²) in [5, 5.41) is 2.74. The molecule has 0 bridgehead atoms. The van der Waals surface area contributed by atoms with E-state index in [1.807, 2.05) is 27.7 Å². The second-order valence-electron chi connectivity index (χ2n) is 9.87.